The summed E-state index contributed by atoms with van der Waals surface area (Å²) in [5, 5.41) is 15.2. The fraction of sp³-hybridized carbons (Fsp3) is 0.533. The van der Waals surface area contributed by atoms with Gasteiger partial charge < -0.3 is 20.2 Å². The van der Waals surface area contributed by atoms with E-state index in [9.17, 15) is 22.7 Å². The molecule has 0 radical (unpaired) electrons. The lowest BCUT2D eigenvalue weighted by molar-refractivity contribution is -0.00860. The first-order chi connectivity index (χ1) is 19.6. The highest BCUT2D eigenvalue weighted by Gasteiger charge is 2.40. The van der Waals surface area contributed by atoms with E-state index in [2.05, 4.69) is 58.1 Å². The molecular weight excluding hydrogens is 559 g/mol. The van der Waals surface area contributed by atoms with E-state index >= 15 is 0 Å². The van der Waals surface area contributed by atoms with E-state index in [0.717, 1.165) is 22.0 Å². The third-order valence-corrected chi connectivity index (χ3v) is 9.55. The van der Waals surface area contributed by atoms with Gasteiger partial charge in [0, 0.05) is 54.8 Å². The van der Waals surface area contributed by atoms with Crippen LogP contribution in [-0.2, 0) is 9.84 Å². The van der Waals surface area contributed by atoms with Crippen LogP contribution < -0.4 is 15.1 Å². The van der Waals surface area contributed by atoms with Gasteiger partial charge >= 0.3 is 0 Å². The van der Waals surface area contributed by atoms with Gasteiger partial charge in [0.25, 0.3) is 0 Å². The van der Waals surface area contributed by atoms with Crippen LogP contribution in [0.2, 0.25) is 0 Å². The molecule has 4 heterocycles. The zero-order chi connectivity index (χ0) is 30.6. The molecule has 10 nitrogen and oxygen atoms in total. The summed E-state index contributed by atoms with van der Waals surface area (Å²) in [4.78, 5) is 29.9. The van der Waals surface area contributed by atoms with Crippen LogP contribution in [0.1, 0.15) is 62.9 Å². The minimum absolute atomic E-state index is 0.0677. The molecule has 0 unspecified atom stereocenters. The number of sulfone groups is 1. The predicted octanol–water partition coefficient (Wildman–Crippen LogP) is 4.26. The first-order valence-electron chi connectivity index (χ1n) is 14.3. The van der Waals surface area contributed by atoms with Crippen LogP contribution in [0, 0.1) is 5.92 Å². The van der Waals surface area contributed by atoms with Crippen LogP contribution in [-0.4, -0.2) is 83.7 Å². The number of hydrogen-bond donors (Lipinski definition) is 2. The molecule has 2 fully saturated rings. The van der Waals surface area contributed by atoms with Crippen LogP contribution in [0.25, 0.3) is 10.8 Å². The van der Waals surface area contributed by atoms with Crippen molar-refractivity contribution in [1.29, 1.82) is 0 Å². The largest absolute Gasteiger partial charge is 0.390 e. The van der Waals surface area contributed by atoms with Crippen molar-refractivity contribution in [2.45, 2.75) is 64.8 Å². The molecule has 3 aromatic rings. The van der Waals surface area contributed by atoms with Crippen molar-refractivity contribution in [1.82, 2.24) is 15.0 Å². The fourth-order valence-corrected chi connectivity index (χ4v) is 7.12. The van der Waals surface area contributed by atoms with Crippen LogP contribution in [0.4, 0.5) is 27.7 Å². The minimum Gasteiger partial charge on any atom is -0.390 e. The lowest BCUT2D eigenvalue weighted by Crippen LogP contribution is -2.57. The van der Waals surface area contributed by atoms with E-state index in [1.54, 1.807) is 11.1 Å². The highest BCUT2D eigenvalue weighted by molar-refractivity contribution is 7.90. The van der Waals surface area contributed by atoms with Gasteiger partial charge in [-0.05, 0) is 56.2 Å². The van der Waals surface area contributed by atoms with Crippen LogP contribution in [0.15, 0.2) is 30.6 Å². The zero-order valence-corrected chi connectivity index (χ0v) is 25.7. The Morgan fingerprint density at radius 2 is 1.98 bits per heavy atom. The van der Waals surface area contributed by atoms with Gasteiger partial charge in [-0.3, -0.25) is 4.79 Å². The number of aliphatic hydroxyl groups is 1. The number of anilines is 4. The number of nitrogens with zero attached hydrogens (tertiary/aromatic N) is 5. The van der Waals surface area contributed by atoms with Crippen molar-refractivity contribution in [2.24, 2.45) is 5.92 Å². The van der Waals surface area contributed by atoms with E-state index in [-0.39, 0.29) is 59.7 Å². The van der Waals surface area contributed by atoms with Gasteiger partial charge in [-0.15, -0.1) is 0 Å². The van der Waals surface area contributed by atoms with Crippen molar-refractivity contribution in [2.75, 3.05) is 46.8 Å². The normalized spacial score (nSPS) is 24.6. The third kappa shape index (κ3) is 5.92. The molecule has 42 heavy (non-hydrogen) atoms. The number of aliphatic hydroxyl groups excluding tert-OH is 1. The first kappa shape index (κ1) is 30.1. The number of hydrogen-bond acceptors (Lipinski definition) is 10. The van der Waals surface area contributed by atoms with Crippen molar-refractivity contribution in [3.05, 3.63) is 41.7 Å². The first-order valence-corrected chi connectivity index (χ1v) is 16.3. The Labute approximate surface area is 246 Å². The highest BCUT2D eigenvalue weighted by atomic mass is 32.2. The summed E-state index contributed by atoms with van der Waals surface area (Å²) >= 11 is 0. The number of carbonyl (C=O) groups is 1. The Bertz CT molecular complexity index is 1630. The van der Waals surface area contributed by atoms with Gasteiger partial charge in [-0.1, -0.05) is 19.9 Å². The lowest BCUT2D eigenvalue weighted by Gasteiger charge is -2.48. The minimum atomic E-state index is -3.06. The van der Waals surface area contributed by atoms with Gasteiger partial charge in [-0.2, -0.15) is 4.98 Å². The Morgan fingerprint density at radius 3 is 2.60 bits per heavy atom. The average molecular weight is 599 g/mol. The van der Waals surface area contributed by atoms with Crippen molar-refractivity contribution < 1.29 is 22.7 Å². The Morgan fingerprint density at radius 1 is 1.24 bits per heavy atom. The molecule has 12 heteroatoms. The highest BCUT2D eigenvalue weighted by Crippen LogP contribution is 2.40. The molecule has 0 bridgehead atoms. The number of ketones is 1. The Hall–Kier alpha value is -3.38. The number of nitrogens with one attached hydrogen (secondary N) is 1. The quantitative estimate of drug-likeness (QED) is 0.363. The summed E-state index contributed by atoms with van der Waals surface area (Å²) in [6.07, 6.45) is 3.69. The maximum atomic E-state index is 14.9. The van der Waals surface area contributed by atoms with Crippen LogP contribution >= 0.6 is 0 Å². The topological polar surface area (TPSA) is 129 Å². The van der Waals surface area contributed by atoms with Crippen molar-refractivity contribution >= 4 is 49.7 Å². The number of halogens is 1. The molecule has 0 saturated carbocycles. The van der Waals surface area contributed by atoms with E-state index in [4.69, 9.17) is 0 Å². The van der Waals surface area contributed by atoms with Gasteiger partial charge in [0.1, 0.15) is 21.5 Å². The second kappa shape index (κ2) is 11.0. The number of pyridine rings is 1. The second-order valence-electron chi connectivity index (χ2n) is 12.3. The number of piperidine rings is 1. The van der Waals surface area contributed by atoms with Crippen LogP contribution in [0.5, 0.6) is 0 Å². The number of Topliss-reactive ketones (excluding diaryl/α,β-unsaturated/α-hetero) is 1. The van der Waals surface area contributed by atoms with E-state index in [0.29, 0.717) is 18.9 Å². The van der Waals surface area contributed by atoms with Crippen molar-refractivity contribution in [3.8, 4) is 0 Å². The molecular formula is C30H39FN6O4S. The van der Waals surface area contributed by atoms with Gasteiger partial charge in [-0.25, -0.2) is 22.8 Å². The number of aromatic nitrogens is 3. The number of alkyl halides is 1. The second-order valence-corrected chi connectivity index (χ2v) is 14.5. The monoisotopic (exact) mass is 598 g/mol. The molecule has 2 aromatic heterocycles. The maximum absolute atomic E-state index is 14.9. The molecule has 4 atom stereocenters. The third-order valence-electron chi connectivity index (χ3n) is 8.52. The molecule has 2 N–H and O–H groups in total. The zero-order valence-electron chi connectivity index (χ0n) is 24.9. The summed E-state index contributed by atoms with van der Waals surface area (Å²) in [6, 6.07) is 6.20. The molecule has 2 aliphatic heterocycles. The summed E-state index contributed by atoms with van der Waals surface area (Å²) in [7, 11) is -3.06. The molecule has 2 aliphatic rings. The molecule has 0 spiro atoms. The number of carbonyl (C=O) groups excluding carboxylic acids is 1. The lowest BCUT2D eigenvalue weighted by atomic mass is 9.88. The standard InChI is InChI=1S/C30H39FN6O4S/c1-17(2)21-7-8-25(37-14-20(18(37)3)15-42(6,40)41)24-13-32-27(11-22(21)24)34-28-23(19(4)38)12-33-29(35-28)36-10-9-26(39)30(5,31)16-36/h7-8,11-13,17-18,20,26,39H,9-10,14-16H2,1-6H3,(H,32,33,34,35)/t18-,20-,26-,30+/m1/s1. The van der Waals surface area contributed by atoms with E-state index in [1.165, 1.54) is 26.3 Å². The number of rotatable bonds is 8. The Balaban J connectivity index is 1.49. The average Bonchev–Trinajstić information content (AvgIpc) is 2.90. The molecule has 0 aliphatic carbocycles. The molecule has 0 amide bonds. The summed E-state index contributed by atoms with van der Waals surface area (Å²) in [6.45, 7) is 10.1. The summed E-state index contributed by atoms with van der Waals surface area (Å²) in [5.41, 5.74) is 0.605. The van der Waals surface area contributed by atoms with Crippen LogP contribution in [0.3, 0.4) is 0 Å². The van der Waals surface area contributed by atoms with E-state index < -0.39 is 21.6 Å². The summed E-state index contributed by atoms with van der Waals surface area (Å²) in [5.74, 6) is 1.27. The SMILES string of the molecule is CC(=O)c1cnc(N2CC[C@@H](O)[C@@](C)(F)C2)nc1Nc1cc2c(C(C)C)ccc(N3C[C@H](CS(C)(=O)=O)[C@H]3C)c2cn1. The van der Waals surface area contributed by atoms with Gasteiger partial charge in [0.2, 0.25) is 5.95 Å². The molecule has 2 saturated heterocycles. The Kier molecular flexibility index (Phi) is 7.90. The molecule has 5 rings (SSSR count). The number of fused-ring (bicyclic) bond motifs is 1. The number of benzene rings is 1. The molecule has 226 valence electrons. The maximum Gasteiger partial charge on any atom is 0.227 e. The van der Waals surface area contributed by atoms with E-state index in [1.807, 2.05) is 6.07 Å². The van der Waals surface area contributed by atoms with Gasteiger partial charge in [0.05, 0.1) is 24.0 Å². The predicted molar refractivity (Wildman–Crippen MR) is 164 cm³/mol. The van der Waals surface area contributed by atoms with Crippen molar-refractivity contribution in [3.63, 3.8) is 0 Å². The smallest absolute Gasteiger partial charge is 0.227 e. The fourth-order valence-electron chi connectivity index (χ4n) is 5.96. The summed E-state index contributed by atoms with van der Waals surface area (Å²) < 4.78 is 38.6. The molecule has 1 aromatic carbocycles. The van der Waals surface area contributed by atoms with Gasteiger partial charge in [0.15, 0.2) is 11.5 Å².